The summed E-state index contributed by atoms with van der Waals surface area (Å²) in [5, 5.41) is 18.1. The van der Waals surface area contributed by atoms with Gasteiger partial charge in [0.15, 0.2) is 5.82 Å². The van der Waals surface area contributed by atoms with Gasteiger partial charge < -0.3 is 9.72 Å². The van der Waals surface area contributed by atoms with Crippen molar-refractivity contribution in [2.75, 3.05) is 7.11 Å². The molecule has 3 aromatic heterocycles. The van der Waals surface area contributed by atoms with Gasteiger partial charge >= 0.3 is 5.97 Å². The Balaban J connectivity index is 2.06. The summed E-state index contributed by atoms with van der Waals surface area (Å²) in [5.41, 5.74) is 2.00. The lowest BCUT2D eigenvalue weighted by molar-refractivity contribution is 0.0594. The SMILES string of the molecule is COC(=O)c1cc2c([nH]c3ccccc32)c(C(NC(C)(C)C)c2nnnn2C(C)(C)C)n1. The topological polar surface area (TPSA) is 111 Å². The van der Waals surface area contributed by atoms with Gasteiger partial charge in [-0.3, -0.25) is 5.32 Å². The average Bonchev–Trinajstić information content (AvgIpc) is 3.35. The van der Waals surface area contributed by atoms with E-state index in [-0.39, 0.29) is 16.8 Å². The normalized spacial score (nSPS) is 13.6. The second-order valence-electron chi connectivity index (χ2n) is 9.92. The molecule has 4 aromatic rings. The minimum atomic E-state index is -0.497. The molecule has 0 bridgehead atoms. The number of nitrogens with zero attached hydrogens (tertiary/aromatic N) is 5. The third-order valence-corrected chi connectivity index (χ3v) is 5.16. The number of ether oxygens (including phenoxy) is 1. The fourth-order valence-electron chi connectivity index (χ4n) is 3.83. The molecule has 168 valence electrons. The van der Waals surface area contributed by atoms with Crippen LogP contribution in [0, 0.1) is 0 Å². The number of carbonyl (C=O) groups excluding carboxylic acids is 1. The molecule has 1 unspecified atom stereocenters. The van der Waals surface area contributed by atoms with Gasteiger partial charge in [-0.15, -0.1) is 5.10 Å². The van der Waals surface area contributed by atoms with Crippen LogP contribution in [0.2, 0.25) is 0 Å². The van der Waals surface area contributed by atoms with Crippen molar-refractivity contribution < 1.29 is 9.53 Å². The van der Waals surface area contributed by atoms with Gasteiger partial charge in [0.1, 0.15) is 11.7 Å². The highest BCUT2D eigenvalue weighted by Crippen LogP contribution is 2.34. The van der Waals surface area contributed by atoms with Crippen LogP contribution in [-0.2, 0) is 10.3 Å². The highest BCUT2D eigenvalue weighted by Gasteiger charge is 2.33. The fourth-order valence-corrected chi connectivity index (χ4v) is 3.83. The van der Waals surface area contributed by atoms with Gasteiger partial charge in [-0.05, 0) is 64.1 Å². The highest BCUT2D eigenvalue weighted by molar-refractivity contribution is 6.09. The number of carbonyl (C=O) groups is 1. The van der Waals surface area contributed by atoms with Crippen molar-refractivity contribution in [1.29, 1.82) is 0 Å². The Labute approximate surface area is 186 Å². The molecular weight excluding hydrogens is 406 g/mol. The number of rotatable bonds is 4. The van der Waals surface area contributed by atoms with Gasteiger partial charge in [0.25, 0.3) is 0 Å². The Morgan fingerprint density at radius 1 is 1.12 bits per heavy atom. The number of aromatic nitrogens is 6. The first-order valence-electron chi connectivity index (χ1n) is 10.6. The quantitative estimate of drug-likeness (QED) is 0.470. The van der Waals surface area contributed by atoms with Crippen LogP contribution in [0.25, 0.3) is 21.8 Å². The number of methoxy groups -OCH3 is 1. The van der Waals surface area contributed by atoms with Crippen molar-refractivity contribution in [1.82, 2.24) is 35.5 Å². The van der Waals surface area contributed by atoms with Gasteiger partial charge in [0.2, 0.25) is 0 Å². The highest BCUT2D eigenvalue weighted by atomic mass is 16.5. The molecule has 0 spiro atoms. The van der Waals surface area contributed by atoms with Crippen molar-refractivity contribution >= 4 is 27.8 Å². The van der Waals surface area contributed by atoms with Crippen LogP contribution in [0.1, 0.15) is 69.6 Å². The van der Waals surface area contributed by atoms with Gasteiger partial charge in [-0.25, -0.2) is 14.5 Å². The molecule has 0 aliphatic heterocycles. The Kier molecular flexibility index (Phi) is 5.24. The largest absolute Gasteiger partial charge is 0.464 e. The van der Waals surface area contributed by atoms with E-state index in [4.69, 9.17) is 9.72 Å². The number of para-hydroxylation sites is 1. The average molecular weight is 436 g/mol. The molecule has 0 saturated carbocycles. The molecule has 3 heterocycles. The maximum atomic E-state index is 12.5. The molecule has 0 aliphatic rings. The summed E-state index contributed by atoms with van der Waals surface area (Å²) in [6.07, 6.45) is 0. The third-order valence-electron chi connectivity index (χ3n) is 5.16. The summed E-state index contributed by atoms with van der Waals surface area (Å²) < 4.78 is 6.79. The van der Waals surface area contributed by atoms with Crippen LogP contribution >= 0.6 is 0 Å². The second kappa shape index (κ2) is 7.67. The first-order chi connectivity index (χ1) is 15.0. The molecule has 0 amide bonds. The first-order valence-corrected chi connectivity index (χ1v) is 10.6. The number of esters is 1. The van der Waals surface area contributed by atoms with Crippen LogP contribution in [0.3, 0.4) is 0 Å². The number of benzene rings is 1. The van der Waals surface area contributed by atoms with Crippen molar-refractivity contribution in [3.63, 3.8) is 0 Å². The molecule has 0 radical (unpaired) electrons. The molecule has 2 N–H and O–H groups in total. The zero-order chi connectivity index (χ0) is 23.3. The number of nitrogens with one attached hydrogen (secondary N) is 2. The van der Waals surface area contributed by atoms with E-state index < -0.39 is 12.0 Å². The molecule has 32 heavy (non-hydrogen) atoms. The predicted molar refractivity (Wildman–Crippen MR) is 122 cm³/mol. The standard InChI is InChI=1S/C23H29N7O2/c1-22(2,3)26-19(20-27-28-29-30(20)23(4,5)6)18-17-14(12-16(25-18)21(31)32-7)13-10-8-9-11-15(13)24-17/h8-12,19,24,26H,1-7H3. The maximum absolute atomic E-state index is 12.5. The predicted octanol–water partition coefficient (Wildman–Crippen LogP) is 3.72. The lowest BCUT2D eigenvalue weighted by atomic mass is 10.0. The zero-order valence-corrected chi connectivity index (χ0v) is 19.5. The van der Waals surface area contributed by atoms with E-state index in [1.165, 1.54) is 7.11 Å². The smallest absolute Gasteiger partial charge is 0.356 e. The summed E-state index contributed by atoms with van der Waals surface area (Å²) in [7, 11) is 1.36. The molecule has 1 aromatic carbocycles. The van der Waals surface area contributed by atoms with Crippen LogP contribution in [0.4, 0.5) is 0 Å². The summed E-state index contributed by atoms with van der Waals surface area (Å²) in [5.74, 6) is 0.116. The molecule has 0 fully saturated rings. The lowest BCUT2D eigenvalue weighted by Crippen LogP contribution is -2.42. The van der Waals surface area contributed by atoms with Gasteiger partial charge in [0, 0.05) is 21.8 Å². The summed E-state index contributed by atoms with van der Waals surface area (Å²) >= 11 is 0. The van der Waals surface area contributed by atoms with Gasteiger partial charge in [-0.1, -0.05) is 18.2 Å². The number of tetrazole rings is 1. The molecular formula is C23H29N7O2. The number of hydrogen-bond donors (Lipinski definition) is 2. The first kappa shape index (κ1) is 21.9. The van der Waals surface area contributed by atoms with E-state index in [9.17, 15) is 4.79 Å². The minimum Gasteiger partial charge on any atom is -0.464 e. The second-order valence-corrected chi connectivity index (χ2v) is 9.92. The number of pyridine rings is 1. The lowest BCUT2D eigenvalue weighted by Gasteiger charge is -2.30. The summed E-state index contributed by atoms with van der Waals surface area (Å²) in [6, 6.07) is 9.25. The number of hydrogen-bond acceptors (Lipinski definition) is 7. The Morgan fingerprint density at radius 2 is 1.84 bits per heavy atom. The van der Waals surface area contributed by atoms with E-state index in [0.717, 1.165) is 21.8 Å². The maximum Gasteiger partial charge on any atom is 0.356 e. The molecule has 9 nitrogen and oxygen atoms in total. The van der Waals surface area contributed by atoms with Crippen molar-refractivity contribution in [2.24, 2.45) is 0 Å². The van der Waals surface area contributed by atoms with E-state index in [2.05, 4.69) is 46.6 Å². The van der Waals surface area contributed by atoms with E-state index in [0.29, 0.717) is 11.5 Å². The minimum absolute atomic E-state index is 0.232. The molecule has 1 atom stereocenters. The monoisotopic (exact) mass is 435 g/mol. The number of fused-ring (bicyclic) bond motifs is 3. The van der Waals surface area contributed by atoms with Crippen LogP contribution < -0.4 is 5.32 Å². The molecule has 9 heteroatoms. The zero-order valence-electron chi connectivity index (χ0n) is 19.5. The van der Waals surface area contributed by atoms with Crippen molar-refractivity contribution in [3.05, 3.63) is 47.5 Å². The van der Waals surface area contributed by atoms with E-state index in [1.54, 1.807) is 10.7 Å². The molecule has 0 saturated heterocycles. The van der Waals surface area contributed by atoms with Gasteiger partial charge in [-0.2, -0.15) is 0 Å². The van der Waals surface area contributed by atoms with Gasteiger partial charge in [0.05, 0.1) is 23.9 Å². The number of aromatic amines is 1. The Hall–Kier alpha value is -3.33. The molecule has 0 aliphatic carbocycles. The van der Waals surface area contributed by atoms with Crippen LogP contribution in [0.15, 0.2) is 30.3 Å². The summed E-state index contributed by atoms with van der Waals surface area (Å²) in [6.45, 7) is 12.3. The Morgan fingerprint density at radius 3 is 2.50 bits per heavy atom. The Bertz CT molecular complexity index is 1290. The van der Waals surface area contributed by atoms with Crippen LogP contribution in [0.5, 0.6) is 0 Å². The van der Waals surface area contributed by atoms with E-state index >= 15 is 0 Å². The van der Waals surface area contributed by atoms with E-state index in [1.807, 2.05) is 45.0 Å². The number of H-pyrrole nitrogens is 1. The van der Waals surface area contributed by atoms with Crippen molar-refractivity contribution in [3.8, 4) is 0 Å². The fraction of sp³-hybridized carbons (Fsp3) is 0.435. The molecule has 4 rings (SSSR count). The van der Waals surface area contributed by atoms with Crippen molar-refractivity contribution in [2.45, 2.75) is 58.7 Å². The summed E-state index contributed by atoms with van der Waals surface area (Å²) in [4.78, 5) is 20.8. The third kappa shape index (κ3) is 3.95. The van der Waals surface area contributed by atoms with Crippen LogP contribution in [-0.4, -0.2) is 48.8 Å².